The summed E-state index contributed by atoms with van der Waals surface area (Å²) in [5.74, 6) is 0.927. The minimum Gasteiger partial charge on any atom is -0.341 e. The number of likely N-dealkylation sites (tertiary alicyclic amines) is 1. The van der Waals surface area contributed by atoms with Gasteiger partial charge in [0.25, 0.3) is 0 Å². The molecule has 3 aromatic rings. The maximum absolute atomic E-state index is 12.4. The maximum Gasteiger partial charge on any atom is 0.225 e. The smallest absolute Gasteiger partial charge is 0.225 e. The van der Waals surface area contributed by atoms with Crippen LogP contribution in [0.1, 0.15) is 30.5 Å². The van der Waals surface area contributed by atoms with Gasteiger partial charge in [0, 0.05) is 44.9 Å². The fraction of sp³-hybridized carbons (Fsp3) is 0.429. The standard InChI is InChI=1S/C21H25FN6O/c1-4-14-7-16(15-11-28(12-15)21(29)5-6-22)23-10-19(14)27(3)20-8-18-17(9-24-20)25-13-26(18)2/h7-10,13,15H,4-6,11-12H2,1-3H3. The summed E-state index contributed by atoms with van der Waals surface area (Å²) in [6, 6.07) is 4.14. The highest BCUT2D eigenvalue weighted by Gasteiger charge is 2.32. The molecule has 1 fully saturated rings. The summed E-state index contributed by atoms with van der Waals surface area (Å²) in [4.78, 5) is 29.1. The maximum atomic E-state index is 12.4. The van der Waals surface area contributed by atoms with Crippen molar-refractivity contribution in [3.05, 3.63) is 42.1 Å². The van der Waals surface area contributed by atoms with Crippen molar-refractivity contribution in [2.45, 2.75) is 25.7 Å². The van der Waals surface area contributed by atoms with Crippen molar-refractivity contribution in [2.24, 2.45) is 7.05 Å². The van der Waals surface area contributed by atoms with Crippen LogP contribution in [0.2, 0.25) is 0 Å². The minimum atomic E-state index is -0.599. The molecule has 0 unspecified atom stereocenters. The first-order chi connectivity index (χ1) is 14.0. The molecule has 7 nitrogen and oxygen atoms in total. The number of hydrogen-bond donors (Lipinski definition) is 0. The number of fused-ring (bicyclic) bond motifs is 1. The number of nitrogens with zero attached hydrogens (tertiary/aromatic N) is 6. The van der Waals surface area contributed by atoms with Gasteiger partial charge < -0.3 is 14.4 Å². The number of aromatic nitrogens is 4. The van der Waals surface area contributed by atoms with Crippen LogP contribution in [-0.4, -0.2) is 57.1 Å². The zero-order chi connectivity index (χ0) is 20.5. The van der Waals surface area contributed by atoms with E-state index in [9.17, 15) is 9.18 Å². The van der Waals surface area contributed by atoms with Gasteiger partial charge in [0.1, 0.15) is 11.3 Å². The Morgan fingerprint density at radius 2 is 2.03 bits per heavy atom. The number of imidazole rings is 1. The normalized spacial score (nSPS) is 14.3. The Morgan fingerprint density at radius 3 is 2.76 bits per heavy atom. The molecule has 0 radical (unpaired) electrons. The first-order valence-corrected chi connectivity index (χ1v) is 9.85. The van der Waals surface area contributed by atoms with E-state index in [1.54, 1.807) is 17.4 Å². The molecule has 0 aromatic carbocycles. The van der Waals surface area contributed by atoms with E-state index < -0.39 is 6.67 Å². The summed E-state index contributed by atoms with van der Waals surface area (Å²) in [5.41, 5.74) is 5.06. The molecule has 0 bridgehead atoms. The summed E-state index contributed by atoms with van der Waals surface area (Å²) < 4.78 is 14.3. The average molecular weight is 396 g/mol. The van der Waals surface area contributed by atoms with Crippen molar-refractivity contribution in [1.29, 1.82) is 0 Å². The van der Waals surface area contributed by atoms with Gasteiger partial charge in [0.05, 0.1) is 43.0 Å². The molecule has 1 aliphatic rings. The number of amides is 1. The monoisotopic (exact) mass is 396 g/mol. The van der Waals surface area contributed by atoms with Crippen LogP contribution in [0, 0.1) is 0 Å². The van der Waals surface area contributed by atoms with E-state index in [1.807, 2.05) is 35.8 Å². The Hall–Kier alpha value is -3.03. The Kier molecular flexibility index (Phi) is 5.17. The highest BCUT2D eigenvalue weighted by Crippen LogP contribution is 2.32. The van der Waals surface area contributed by atoms with Crippen LogP contribution in [-0.2, 0) is 18.3 Å². The molecule has 0 saturated carbocycles. The number of aryl methyl sites for hydroxylation is 2. The lowest BCUT2D eigenvalue weighted by molar-refractivity contribution is -0.135. The van der Waals surface area contributed by atoms with E-state index in [0.29, 0.717) is 13.1 Å². The molecule has 1 saturated heterocycles. The van der Waals surface area contributed by atoms with Crippen LogP contribution in [0.5, 0.6) is 0 Å². The number of carbonyl (C=O) groups is 1. The molecule has 1 aliphatic heterocycles. The quantitative estimate of drug-likeness (QED) is 0.641. The van der Waals surface area contributed by atoms with Crippen molar-refractivity contribution in [3.8, 4) is 0 Å². The third-order valence-electron chi connectivity index (χ3n) is 5.63. The summed E-state index contributed by atoms with van der Waals surface area (Å²) >= 11 is 0. The van der Waals surface area contributed by atoms with Gasteiger partial charge in [-0.05, 0) is 18.1 Å². The molecule has 0 atom stereocenters. The van der Waals surface area contributed by atoms with Crippen LogP contribution < -0.4 is 4.90 Å². The first kappa shape index (κ1) is 19.3. The lowest BCUT2D eigenvalue weighted by Gasteiger charge is -2.39. The van der Waals surface area contributed by atoms with Crippen LogP contribution in [0.4, 0.5) is 15.9 Å². The number of carbonyl (C=O) groups excluding carboxylic acids is 1. The Bertz CT molecular complexity index is 1040. The average Bonchev–Trinajstić information content (AvgIpc) is 3.06. The van der Waals surface area contributed by atoms with Crippen molar-refractivity contribution in [1.82, 2.24) is 24.4 Å². The Labute approximate surface area is 169 Å². The molecule has 152 valence electrons. The SMILES string of the molecule is CCc1cc(C2CN(C(=O)CCF)C2)ncc1N(C)c1cc2c(cn1)ncn2C. The fourth-order valence-electron chi connectivity index (χ4n) is 3.75. The molecular formula is C21H25FN6O. The van der Waals surface area contributed by atoms with Gasteiger partial charge in [-0.15, -0.1) is 0 Å². The Balaban J connectivity index is 1.55. The summed E-state index contributed by atoms with van der Waals surface area (Å²) in [5, 5.41) is 0. The van der Waals surface area contributed by atoms with Gasteiger partial charge in [-0.25, -0.2) is 9.97 Å². The molecule has 0 spiro atoms. The highest BCUT2D eigenvalue weighted by molar-refractivity contribution is 5.79. The summed E-state index contributed by atoms with van der Waals surface area (Å²) in [7, 11) is 3.95. The second-order valence-electron chi connectivity index (χ2n) is 7.47. The van der Waals surface area contributed by atoms with E-state index in [2.05, 4.69) is 27.9 Å². The van der Waals surface area contributed by atoms with Gasteiger partial charge in [-0.3, -0.25) is 14.2 Å². The number of hydrogen-bond acceptors (Lipinski definition) is 5. The zero-order valence-corrected chi connectivity index (χ0v) is 17.0. The molecule has 3 aromatic heterocycles. The number of anilines is 2. The molecule has 4 heterocycles. The Morgan fingerprint density at radius 1 is 1.24 bits per heavy atom. The highest BCUT2D eigenvalue weighted by atomic mass is 19.1. The molecule has 1 amide bonds. The predicted molar refractivity (Wildman–Crippen MR) is 110 cm³/mol. The minimum absolute atomic E-state index is 0.0297. The van der Waals surface area contributed by atoms with Crippen molar-refractivity contribution >= 4 is 28.4 Å². The lowest BCUT2D eigenvalue weighted by atomic mass is 9.93. The van der Waals surface area contributed by atoms with Gasteiger partial charge in [-0.1, -0.05) is 6.92 Å². The lowest BCUT2D eigenvalue weighted by Crippen LogP contribution is -2.48. The number of alkyl halides is 1. The topological polar surface area (TPSA) is 67.2 Å². The predicted octanol–water partition coefficient (Wildman–Crippen LogP) is 2.98. The van der Waals surface area contributed by atoms with Crippen molar-refractivity contribution in [2.75, 3.05) is 31.7 Å². The van der Waals surface area contributed by atoms with Crippen LogP contribution >= 0.6 is 0 Å². The third-order valence-corrected chi connectivity index (χ3v) is 5.63. The second-order valence-corrected chi connectivity index (χ2v) is 7.47. The molecular weight excluding hydrogens is 371 g/mol. The van der Waals surface area contributed by atoms with Gasteiger partial charge in [-0.2, -0.15) is 0 Å². The molecule has 0 N–H and O–H groups in total. The molecule has 8 heteroatoms. The second kappa shape index (κ2) is 7.77. The summed E-state index contributed by atoms with van der Waals surface area (Å²) in [6.07, 6.45) is 6.28. The number of rotatable bonds is 6. The van der Waals surface area contributed by atoms with E-state index in [-0.39, 0.29) is 18.2 Å². The number of halogens is 1. The third kappa shape index (κ3) is 3.54. The van der Waals surface area contributed by atoms with E-state index in [0.717, 1.165) is 34.7 Å². The molecule has 0 aliphatic carbocycles. The van der Waals surface area contributed by atoms with Crippen LogP contribution in [0.15, 0.2) is 30.9 Å². The summed E-state index contributed by atoms with van der Waals surface area (Å²) in [6.45, 7) is 2.75. The van der Waals surface area contributed by atoms with E-state index in [4.69, 9.17) is 0 Å². The van der Waals surface area contributed by atoms with Crippen LogP contribution in [0.25, 0.3) is 11.0 Å². The van der Waals surface area contributed by atoms with Crippen LogP contribution in [0.3, 0.4) is 0 Å². The zero-order valence-electron chi connectivity index (χ0n) is 17.0. The fourth-order valence-corrected chi connectivity index (χ4v) is 3.75. The van der Waals surface area contributed by atoms with Gasteiger partial charge >= 0.3 is 0 Å². The first-order valence-electron chi connectivity index (χ1n) is 9.85. The van der Waals surface area contributed by atoms with E-state index in [1.165, 1.54) is 5.56 Å². The van der Waals surface area contributed by atoms with Crippen molar-refractivity contribution < 1.29 is 9.18 Å². The van der Waals surface area contributed by atoms with Gasteiger partial charge in [0.15, 0.2) is 0 Å². The van der Waals surface area contributed by atoms with Gasteiger partial charge in [0.2, 0.25) is 5.91 Å². The largest absolute Gasteiger partial charge is 0.341 e. The molecule has 29 heavy (non-hydrogen) atoms. The molecule has 4 rings (SSSR count). The van der Waals surface area contributed by atoms with Crippen molar-refractivity contribution in [3.63, 3.8) is 0 Å². The van der Waals surface area contributed by atoms with E-state index >= 15 is 0 Å². The number of pyridine rings is 2.